The van der Waals surface area contributed by atoms with Crippen LogP contribution in [0.25, 0.3) is 0 Å². The molecule has 2 aromatic carbocycles. The minimum Gasteiger partial charge on any atom is -0.459 e. The molecule has 0 spiro atoms. The van der Waals surface area contributed by atoms with Gasteiger partial charge in [-0.25, -0.2) is 9.59 Å². The van der Waals surface area contributed by atoms with E-state index in [-0.39, 0.29) is 24.3 Å². The van der Waals surface area contributed by atoms with E-state index in [1.807, 2.05) is 0 Å². The van der Waals surface area contributed by atoms with E-state index in [4.69, 9.17) is 50.2 Å². The minimum absolute atomic E-state index is 0.209. The van der Waals surface area contributed by atoms with Crippen LogP contribution in [0.15, 0.2) is 48.5 Å². The van der Waals surface area contributed by atoms with Gasteiger partial charge >= 0.3 is 11.9 Å². The Hall–Kier alpha value is -2.34. The van der Waals surface area contributed by atoms with Gasteiger partial charge in [0, 0.05) is 11.1 Å². The van der Waals surface area contributed by atoms with Crippen molar-refractivity contribution in [2.24, 2.45) is 0 Å². The highest BCUT2D eigenvalue weighted by Gasteiger charge is 2.57. The van der Waals surface area contributed by atoms with Crippen molar-refractivity contribution in [1.82, 2.24) is 0 Å². The number of ether oxygens (including phenoxy) is 5. The van der Waals surface area contributed by atoms with Gasteiger partial charge in [0.15, 0.2) is 62.5 Å². The van der Waals surface area contributed by atoms with Gasteiger partial charge in [-0.2, -0.15) is 0 Å². The monoisotopic (exact) mass is 1040 g/mol. The molecule has 2 heterocycles. The van der Waals surface area contributed by atoms with E-state index in [1.165, 1.54) is 18.2 Å². The molecule has 0 aromatic heterocycles. The van der Waals surface area contributed by atoms with E-state index < -0.39 is 123 Å². The Balaban J connectivity index is 1.89. The van der Waals surface area contributed by atoms with Gasteiger partial charge in [0.05, 0.1) is 11.1 Å². The van der Waals surface area contributed by atoms with Crippen LogP contribution in [0.2, 0.25) is 118 Å². The summed E-state index contributed by atoms with van der Waals surface area (Å²) in [6, 6.07) is 12.5. The van der Waals surface area contributed by atoms with E-state index in [0.29, 0.717) is 23.7 Å². The second kappa shape index (κ2) is 22.8. The molecule has 0 bridgehead atoms. The normalized spacial score (nSPS) is 26.7. The van der Waals surface area contributed by atoms with E-state index in [1.54, 1.807) is 30.3 Å². The van der Waals surface area contributed by atoms with Crippen molar-refractivity contribution in [3.8, 4) is 0 Å². The standard InChI is InChI=1S/C46H78O15Si6/c1-62(2,3)56-37-35(29-51-43(49)33-24-22-31(27-47)23-25-33)53-45(41(60-66(13,14)15)39(37)58-64(7,8)9)55-46-42(61-67(16,17)18)40(59-65(10,11)12)38(57-63(4,5)6)36(54-46)30-52-44(50)34-21-19-20-32(26-34)28-48/h19-28,35-42,45-46H,29-30H2,1-18H3/t35-,36-,37-,38-,39+,40+,41-,42-,45-,46-/m1/s1. The third-order valence-electron chi connectivity index (χ3n) is 9.69. The first-order valence-electron chi connectivity index (χ1n) is 23.1. The number of benzene rings is 2. The first-order chi connectivity index (χ1) is 30.6. The SMILES string of the molecule is C[Si](C)(C)O[C@@H]1[C@@H](O[Si](C)(C)C)[C@@H](O[C@H]2O[C@H](COC(=O)c3cccc(C=O)c3)[C@@H](O[Si](C)(C)C)[C@H](O[Si](C)(C)C)[C@H]2O[Si](C)(C)C)O[C@H](COC(=O)c2ccc(C=O)cc2)[C@H]1O[Si](C)(C)C. The summed E-state index contributed by atoms with van der Waals surface area (Å²) < 4.78 is 75.4. The molecule has 2 fully saturated rings. The summed E-state index contributed by atoms with van der Waals surface area (Å²) in [6.07, 6.45) is -7.53. The Bertz CT molecular complexity index is 1960. The molecule has 0 amide bonds. The molecule has 10 atom stereocenters. The van der Waals surface area contributed by atoms with Crippen molar-refractivity contribution in [3.63, 3.8) is 0 Å². The van der Waals surface area contributed by atoms with E-state index in [9.17, 15) is 19.2 Å². The lowest BCUT2D eigenvalue weighted by Crippen LogP contribution is -2.69. The first kappa shape index (κ1) is 57.2. The zero-order valence-corrected chi connectivity index (χ0v) is 49.1. The van der Waals surface area contributed by atoms with Crippen LogP contribution in [0, 0.1) is 0 Å². The van der Waals surface area contributed by atoms with Gasteiger partial charge in [-0.15, -0.1) is 0 Å². The fraction of sp³-hybridized carbons (Fsp3) is 0.652. The number of rotatable bonds is 22. The van der Waals surface area contributed by atoms with E-state index >= 15 is 0 Å². The quantitative estimate of drug-likeness (QED) is 0.0621. The first-order valence-corrected chi connectivity index (χ1v) is 43.6. The van der Waals surface area contributed by atoms with Gasteiger partial charge in [0.1, 0.15) is 74.6 Å². The highest BCUT2D eigenvalue weighted by atomic mass is 28.4. The predicted octanol–water partition coefficient (Wildman–Crippen LogP) is 9.11. The average Bonchev–Trinajstić information content (AvgIpc) is 3.18. The summed E-state index contributed by atoms with van der Waals surface area (Å²) in [5, 5.41) is 0. The Labute approximate surface area is 405 Å². The summed E-state index contributed by atoms with van der Waals surface area (Å²) in [7, 11) is -14.4. The molecule has 2 aliphatic heterocycles. The molecular weight excluding hydrogens is 961 g/mol. The van der Waals surface area contributed by atoms with Crippen molar-refractivity contribution >= 4 is 74.4 Å². The molecule has 0 unspecified atom stereocenters. The number of aldehydes is 2. The van der Waals surface area contributed by atoms with Crippen LogP contribution in [-0.4, -0.2) is 149 Å². The molecule has 2 saturated heterocycles. The molecule has 67 heavy (non-hydrogen) atoms. The van der Waals surface area contributed by atoms with Crippen molar-refractivity contribution in [3.05, 3.63) is 70.8 Å². The number of hydrogen-bond acceptors (Lipinski definition) is 15. The topological polar surface area (TPSA) is 170 Å². The van der Waals surface area contributed by atoms with Crippen LogP contribution in [0.1, 0.15) is 41.4 Å². The second-order valence-corrected chi connectivity index (χ2v) is 49.8. The lowest BCUT2D eigenvalue weighted by Gasteiger charge is -2.53. The van der Waals surface area contributed by atoms with Crippen LogP contribution in [0.3, 0.4) is 0 Å². The maximum Gasteiger partial charge on any atom is 0.338 e. The molecule has 15 nitrogen and oxygen atoms in total. The summed E-state index contributed by atoms with van der Waals surface area (Å²) >= 11 is 0. The van der Waals surface area contributed by atoms with Crippen LogP contribution in [-0.2, 0) is 50.2 Å². The molecule has 0 N–H and O–H groups in total. The van der Waals surface area contributed by atoms with Crippen molar-refractivity contribution in [2.75, 3.05) is 13.2 Å². The minimum atomic E-state index is -2.44. The maximum absolute atomic E-state index is 13.6. The number of carbonyl (C=O) groups excluding carboxylic acids is 4. The highest BCUT2D eigenvalue weighted by molar-refractivity contribution is 6.71. The molecule has 21 heteroatoms. The lowest BCUT2D eigenvalue weighted by molar-refractivity contribution is -0.368. The van der Waals surface area contributed by atoms with Gasteiger partial charge in [-0.3, -0.25) is 9.59 Å². The Morgan fingerprint density at radius 2 is 0.791 bits per heavy atom. The van der Waals surface area contributed by atoms with Gasteiger partial charge < -0.3 is 50.2 Å². The Kier molecular flexibility index (Phi) is 19.5. The molecule has 2 aromatic rings. The fourth-order valence-corrected chi connectivity index (χ4v) is 14.0. The van der Waals surface area contributed by atoms with Crippen molar-refractivity contribution in [1.29, 1.82) is 0 Å². The summed E-state index contributed by atoms with van der Waals surface area (Å²) in [5.41, 5.74) is 1.24. The smallest absolute Gasteiger partial charge is 0.338 e. The molecule has 4 rings (SSSR count). The summed E-state index contributed by atoms with van der Waals surface area (Å²) in [6.45, 7) is 37.0. The van der Waals surface area contributed by atoms with Crippen LogP contribution in [0.5, 0.6) is 0 Å². The van der Waals surface area contributed by atoms with Crippen LogP contribution < -0.4 is 0 Å². The zero-order valence-electron chi connectivity index (χ0n) is 43.1. The van der Waals surface area contributed by atoms with E-state index in [0.717, 1.165) is 0 Å². The van der Waals surface area contributed by atoms with Crippen LogP contribution >= 0.6 is 0 Å². The predicted molar refractivity (Wildman–Crippen MR) is 272 cm³/mol. The van der Waals surface area contributed by atoms with Crippen molar-refractivity contribution in [2.45, 2.75) is 179 Å². The third kappa shape index (κ3) is 18.7. The second-order valence-electron chi connectivity index (χ2n) is 23.1. The lowest BCUT2D eigenvalue weighted by atomic mass is 9.98. The molecule has 0 saturated carbocycles. The summed E-state index contributed by atoms with van der Waals surface area (Å²) in [4.78, 5) is 50.2. The van der Waals surface area contributed by atoms with Gasteiger partial charge in [0.2, 0.25) is 0 Å². The largest absolute Gasteiger partial charge is 0.459 e. The molecule has 2 aliphatic rings. The molecule has 0 aliphatic carbocycles. The van der Waals surface area contributed by atoms with Gasteiger partial charge in [-0.05, 0) is 142 Å². The Morgan fingerprint density at radius 1 is 0.448 bits per heavy atom. The van der Waals surface area contributed by atoms with Crippen molar-refractivity contribution < 1.29 is 69.4 Å². The average molecular weight is 1040 g/mol. The van der Waals surface area contributed by atoms with Gasteiger partial charge in [-0.1, -0.05) is 24.3 Å². The summed E-state index contributed by atoms with van der Waals surface area (Å²) in [5.74, 6) is -1.25. The fourth-order valence-electron chi connectivity index (χ4n) is 7.55. The van der Waals surface area contributed by atoms with E-state index in [2.05, 4.69) is 118 Å². The maximum atomic E-state index is 13.6. The highest BCUT2D eigenvalue weighted by Crippen LogP contribution is 2.39. The van der Waals surface area contributed by atoms with Gasteiger partial charge in [0.25, 0.3) is 0 Å². The zero-order chi connectivity index (χ0) is 50.5. The van der Waals surface area contributed by atoms with Crippen LogP contribution in [0.4, 0.5) is 0 Å². The molecule has 0 radical (unpaired) electrons. The number of esters is 2. The third-order valence-corrected chi connectivity index (χ3v) is 15.6. The Morgan fingerprint density at radius 3 is 1.15 bits per heavy atom. The number of carbonyl (C=O) groups is 4. The molecular formula is C46H78O15Si6. The molecule has 376 valence electrons. The number of hydrogen-bond donors (Lipinski definition) is 0.